The SMILES string of the molecule is CC.CC(C)C1CC(CC(=O)O)CN1C. The fraction of sp³-hybridized carbons (Fsp3) is 0.917. The molecule has 2 atom stereocenters. The number of carboxylic acids is 1. The zero-order valence-corrected chi connectivity index (χ0v) is 10.7. The van der Waals surface area contributed by atoms with Crippen LogP contribution in [0.2, 0.25) is 0 Å². The molecule has 1 aliphatic heterocycles. The first-order chi connectivity index (χ1) is 7.00. The molecule has 90 valence electrons. The van der Waals surface area contributed by atoms with Crippen molar-refractivity contribution in [2.45, 2.75) is 46.6 Å². The minimum Gasteiger partial charge on any atom is -0.481 e. The van der Waals surface area contributed by atoms with Crippen molar-refractivity contribution in [2.75, 3.05) is 13.6 Å². The summed E-state index contributed by atoms with van der Waals surface area (Å²) in [4.78, 5) is 12.8. The molecule has 1 aliphatic rings. The zero-order valence-electron chi connectivity index (χ0n) is 10.7. The molecule has 1 rings (SSSR count). The Morgan fingerprint density at radius 2 is 2.00 bits per heavy atom. The van der Waals surface area contributed by atoms with Gasteiger partial charge >= 0.3 is 5.97 Å². The summed E-state index contributed by atoms with van der Waals surface area (Å²) < 4.78 is 0. The van der Waals surface area contributed by atoms with Gasteiger partial charge in [-0.15, -0.1) is 0 Å². The van der Waals surface area contributed by atoms with Crippen LogP contribution in [-0.2, 0) is 4.79 Å². The molecule has 2 unspecified atom stereocenters. The average Bonchev–Trinajstić information content (AvgIpc) is 2.49. The van der Waals surface area contributed by atoms with Crippen LogP contribution < -0.4 is 0 Å². The van der Waals surface area contributed by atoms with Gasteiger partial charge in [0.15, 0.2) is 0 Å². The van der Waals surface area contributed by atoms with Crippen LogP contribution in [0.3, 0.4) is 0 Å². The maximum Gasteiger partial charge on any atom is 0.303 e. The van der Waals surface area contributed by atoms with Gasteiger partial charge in [-0.25, -0.2) is 0 Å². The summed E-state index contributed by atoms with van der Waals surface area (Å²) in [7, 11) is 2.09. The quantitative estimate of drug-likeness (QED) is 0.786. The Morgan fingerprint density at radius 3 is 2.33 bits per heavy atom. The Labute approximate surface area is 93.5 Å². The summed E-state index contributed by atoms with van der Waals surface area (Å²) in [5.41, 5.74) is 0. The molecule has 0 spiro atoms. The normalized spacial score (nSPS) is 26.3. The van der Waals surface area contributed by atoms with Crippen molar-refractivity contribution in [3.05, 3.63) is 0 Å². The van der Waals surface area contributed by atoms with Crippen molar-refractivity contribution < 1.29 is 9.90 Å². The Hall–Kier alpha value is -0.570. The molecule has 1 N–H and O–H groups in total. The molecule has 1 saturated heterocycles. The molecule has 1 heterocycles. The molecular weight excluding hydrogens is 190 g/mol. The maximum atomic E-state index is 10.5. The Kier molecular flexibility index (Phi) is 6.57. The Balaban J connectivity index is 0.000000921. The number of rotatable bonds is 3. The van der Waals surface area contributed by atoms with Crippen molar-refractivity contribution >= 4 is 5.97 Å². The van der Waals surface area contributed by atoms with Gasteiger partial charge in [-0.3, -0.25) is 4.79 Å². The predicted octanol–water partition coefficient (Wildman–Crippen LogP) is 2.46. The van der Waals surface area contributed by atoms with Gasteiger partial charge in [0.25, 0.3) is 0 Å². The predicted molar refractivity (Wildman–Crippen MR) is 63.0 cm³/mol. The van der Waals surface area contributed by atoms with Crippen LogP contribution in [-0.4, -0.2) is 35.6 Å². The van der Waals surface area contributed by atoms with Gasteiger partial charge in [-0.1, -0.05) is 27.7 Å². The first-order valence-corrected chi connectivity index (χ1v) is 5.92. The fourth-order valence-corrected chi connectivity index (χ4v) is 2.31. The van der Waals surface area contributed by atoms with E-state index in [1.165, 1.54) is 0 Å². The molecular formula is C12H25NO2. The molecule has 15 heavy (non-hydrogen) atoms. The summed E-state index contributed by atoms with van der Waals surface area (Å²) in [6.45, 7) is 9.34. The number of hydrogen-bond acceptors (Lipinski definition) is 2. The van der Waals surface area contributed by atoms with Gasteiger partial charge in [0.1, 0.15) is 0 Å². The van der Waals surface area contributed by atoms with E-state index in [0.29, 0.717) is 24.3 Å². The number of likely N-dealkylation sites (tertiary alicyclic amines) is 1. The van der Waals surface area contributed by atoms with E-state index in [4.69, 9.17) is 5.11 Å². The molecule has 0 aromatic carbocycles. The Morgan fingerprint density at radius 1 is 1.47 bits per heavy atom. The van der Waals surface area contributed by atoms with Gasteiger partial charge in [-0.05, 0) is 25.3 Å². The first-order valence-electron chi connectivity index (χ1n) is 5.92. The highest BCUT2D eigenvalue weighted by molar-refractivity contribution is 5.67. The monoisotopic (exact) mass is 215 g/mol. The van der Waals surface area contributed by atoms with Crippen LogP contribution in [0.4, 0.5) is 0 Å². The van der Waals surface area contributed by atoms with Crippen LogP contribution in [0.15, 0.2) is 0 Å². The van der Waals surface area contributed by atoms with Crippen molar-refractivity contribution in [2.24, 2.45) is 11.8 Å². The number of aliphatic carboxylic acids is 1. The van der Waals surface area contributed by atoms with Gasteiger partial charge < -0.3 is 10.0 Å². The molecule has 0 amide bonds. The fourth-order valence-electron chi connectivity index (χ4n) is 2.31. The Bertz CT molecular complexity index is 192. The molecule has 1 fully saturated rings. The second-order valence-electron chi connectivity index (χ2n) is 4.45. The smallest absolute Gasteiger partial charge is 0.303 e. The average molecular weight is 215 g/mol. The van der Waals surface area contributed by atoms with Crippen LogP contribution in [0, 0.1) is 11.8 Å². The van der Waals surface area contributed by atoms with E-state index in [9.17, 15) is 4.79 Å². The van der Waals surface area contributed by atoms with Crippen molar-refractivity contribution in [1.29, 1.82) is 0 Å². The maximum absolute atomic E-state index is 10.5. The van der Waals surface area contributed by atoms with E-state index >= 15 is 0 Å². The van der Waals surface area contributed by atoms with Crippen molar-refractivity contribution in [1.82, 2.24) is 4.90 Å². The number of nitrogens with zero attached hydrogens (tertiary/aromatic N) is 1. The largest absolute Gasteiger partial charge is 0.481 e. The van der Waals surface area contributed by atoms with E-state index in [0.717, 1.165) is 13.0 Å². The van der Waals surface area contributed by atoms with Crippen molar-refractivity contribution in [3.63, 3.8) is 0 Å². The third-order valence-corrected chi connectivity index (χ3v) is 2.92. The lowest BCUT2D eigenvalue weighted by atomic mass is 9.96. The van der Waals surface area contributed by atoms with Gasteiger partial charge in [0.2, 0.25) is 0 Å². The van der Waals surface area contributed by atoms with E-state index in [1.807, 2.05) is 13.8 Å². The van der Waals surface area contributed by atoms with Gasteiger partial charge in [0, 0.05) is 19.0 Å². The first kappa shape index (κ1) is 14.4. The highest BCUT2D eigenvalue weighted by Crippen LogP contribution is 2.28. The second-order valence-corrected chi connectivity index (χ2v) is 4.45. The summed E-state index contributed by atoms with van der Waals surface area (Å²) in [5.74, 6) is 0.321. The van der Waals surface area contributed by atoms with Crippen LogP contribution >= 0.6 is 0 Å². The standard InChI is InChI=1S/C10H19NO2.C2H6/c1-7(2)9-4-8(5-10(12)13)6-11(9)3;1-2/h7-9H,4-6H2,1-3H3,(H,12,13);1-2H3. The lowest BCUT2D eigenvalue weighted by molar-refractivity contribution is -0.138. The number of carbonyl (C=O) groups is 1. The third kappa shape index (κ3) is 4.65. The van der Waals surface area contributed by atoms with Crippen molar-refractivity contribution in [3.8, 4) is 0 Å². The van der Waals surface area contributed by atoms with E-state index < -0.39 is 5.97 Å². The molecule has 3 nitrogen and oxygen atoms in total. The summed E-state index contributed by atoms with van der Waals surface area (Å²) in [6, 6.07) is 0.573. The molecule has 0 aromatic heterocycles. The molecule has 0 bridgehead atoms. The molecule has 0 aromatic rings. The number of hydrogen-bond donors (Lipinski definition) is 1. The van der Waals surface area contributed by atoms with Crippen LogP contribution in [0.5, 0.6) is 0 Å². The van der Waals surface area contributed by atoms with E-state index in [1.54, 1.807) is 0 Å². The lowest BCUT2D eigenvalue weighted by Gasteiger charge is -2.22. The van der Waals surface area contributed by atoms with Crippen LogP contribution in [0.1, 0.15) is 40.5 Å². The minimum absolute atomic E-state index is 0.327. The molecule has 0 saturated carbocycles. The number of carboxylic acid groups (broad SMARTS) is 1. The summed E-state index contributed by atoms with van der Waals surface area (Å²) >= 11 is 0. The van der Waals surface area contributed by atoms with E-state index in [-0.39, 0.29) is 0 Å². The summed E-state index contributed by atoms with van der Waals surface area (Å²) in [5, 5.41) is 8.67. The van der Waals surface area contributed by atoms with Gasteiger partial charge in [-0.2, -0.15) is 0 Å². The van der Waals surface area contributed by atoms with E-state index in [2.05, 4.69) is 25.8 Å². The van der Waals surface area contributed by atoms with Crippen LogP contribution in [0.25, 0.3) is 0 Å². The second kappa shape index (κ2) is 6.83. The highest BCUT2D eigenvalue weighted by atomic mass is 16.4. The minimum atomic E-state index is -0.664. The molecule has 0 aliphatic carbocycles. The third-order valence-electron chi connectivity index (χ3n) is 2.92. The topological polar surface area (TPSA) is 40.5 Å². The zero-order chi connectivity index (χ0) is 12.0. The summed E-state index contributed by atoms with van der Waals surface area (Å²) in [6.07, 6.45) is 1.37. The highest BCUT2D eigenvalue weighted by Gasteiger charge is 2.32. The molecule has 3 heteroatoms. The lowest BCUT2D eigenvalue weighted by Crippen LogP contribution is -2.29. The van der Waals surface area contributed by atoms with Gasteiger partial charge in [0.05, 0.1) is 0 Å². The molecule has 0 radical (unpaired) electrons.